The number of benzene rings is 2. The number of carbonyl (C=O) groups excluding carboxylic acids is 1. The Morgan fingerprint density at radius 3 is 2.36 bits per heavy atom. The molecule has 0 radical (unpaired) electrons. The number of ether oxygens (including phenoxy) is 2. The Balaban J connectivity index is 1.93. The zero-order valence-corrected chi connectivity index (χ0v) is 12.7. The summed E-state index contributed by atoms with van der Waals surface area (Å²) in [5.74, 6) is 0.920. The normalized spacial score (nSPS) is 10.7. The van der Waals surface area contributed by atoms with Gasteiger partial charge in [-0.2, -0.15) is 0 Å². The van der Waals surface area contributed by atoms with Crippen molar-refractivity contribution in [1.29, 1.82) is 0 Å². The molecule has 0 aliphatic heterocycles. The first-order chi connectivity index (χ1) is 10.6. The molecule has 4 nitrogen and oxygen atoms in total. The van der Waals surface area contributed by atoms with Crippen molar-refractivity contribution in [2.75, 3.05) is 7.11 Å². The number of hydrogen-bond acceptors (Lipinski definition) is 4. The van der Waals surface area contributed by atoms with Crippen LogP contribution in [-0.2, 0) is 0 Å². The van der Waals surface area contributed by atoms with Crippen LogP contribution in [0.1, 0.15) is 21.7 Å². The van der Waals surface area contributed by atoms with Crippen molar-refractivity contribution in [2.24, 2.45) is 0 Å². The van der Waals surface area contributed by atoms with Crippen LogP contribution >= 0.6 is 0 Å². The lowest BCUT2D eigenvalue weighted by atomic mass is 10.1. The lowest BCUT2D eigenvalue weighted by Gasteiger charge is -2.03. The van der Waals surface area contributed by atoms with Crippen LogP contribution < -0.4 is 9.47 Å². The number of methoxy groups -OCH3 is 1. The van der Waals surface area contributed by atoms with Gasteiger partial charge in [-0.1, -0.05) is 17.7 Å². The first-order valence-corrected chi connectivity index (χ1v) is 6.94. The number of fused-ring (bicyclic) bond motifs is 1. The molecule has 1 aromatic heterocycles. The maximum atomic E-state index is 12.3. The molecule has 0 bridgehead atoms. The van der Waals surface area contributed by atoms with Crippen LogP contribution in [0.3, 0.4) is 0 Å². The molecule has 0 aliphatic carbocycles. The zero-order valence-electron chi connectivity index (χ0n) is 12.7. The van der Waals surface area contributed by atoms with Crippen LogP contribution in [0, 0.1) is 13.8 Å². The largest absolute Gasteiger partial charge is 0.497 e. The van der Waals surface area contributed by atoms with Crippen LogP contribution in [0.5, 0.6) is 11.5 Å². The minimum absolute atomic E-state index is 0.212. The number of esters is 1. The molecule has 0 saturated heterocycles. The van der Waals surface area contributed by atoms with E-state index in [1.54, 1.807) is 31.4 Å². The molecule has 0 fully saturated rings. The van der Waals surface area contributed by atoms with Gasteiger partial charge in [-0.25, -0.2) is 4.79 Å². The Kier molecular flexibility index (Phi) is 3.59. The lowest BCUT2D eigenvalue weighted by molar-refractivity contribution is 0.0703. The molecule has 0 amide bonds. The van der Waals surface area contributed by atoms with E-state index in [-0.39, 0.29) is 5.76 Å². The van der Waals surface area contributed by atoms with Gasteiger partial charge in [0.05, 0.1) is 7.11 Å². The molecular weight excluding hydrogens is 280 g/mol. The summed E-state index contributed by atoms with van der Waals surface area (Å²) >= 11 is 0. The topological polar surface area (TPSA) is 48.7 Å². The van der Waals surface area contributed by atoms with Gasteiger partial charge in [0.2, 0.25) is 5.76 Å². The third-order valence-corrected chi connectivity index (χ3v) is 3.56. The van der Waals surface area contributed by atoms with Crippen LogP contribution in [0.15, 0.2) is 46.9 Å². The Morgan fingerprint density at radius 2 is 1.68 bits per heavy atom. The summed E-state index contributed by atoms with van der Waals surface area (Å²) in [6, 6.07) is 12.7. The zero-order chi connectivity index (χ0) is 15.7. The minimum atomic E-state index is -0.503. The molecule has 0 aliphatic rings. The van der Waals surface area contributed by atoms with Gasteiger partial charge < -0.3 is 13.9 Å². The monoisotopic (exact) mass is 296 g/mol. The smallest absolute Gasteiger partial charge is 0.379 e. The molecule has 112 valence electrons. The van der Waals surface area contributed by atoms with Gasteiger partial charge in [0.1, 0.15) is 17.1 Å². The van der Waals surface area contributed by atoms with E-state index in [1.807, 2.05) is 32.0 Å². The van der Waals surface area contributed by atoms with Crippen molar-refractivity contribution in [3.05, 3.63) is 59.4 Å². The lowest BCUT2D eigenvalue weighted by Crippen LogP contribution is -2.08. The molecule has 0 spiro atoms. The van der Waals surface area contributed by atoms with Gasteiger partial charge in [0.25, 0.3) is 0 Å². The fraction of sp³-hybridized carbons (Fsp3) is 0.167. The summed E-state index contributed by atoms with van der Waals surface area (Å²) in [4.78, 5) is 12.3. The highest BCUT2D eigenvalue weighted by molar-refractivity contribution is 5.97. The number of carbonyl (C=O) groups is 1. The SMILES string of the molecule is COc1ccc2oc(C(=O)Oc3ccc(C)cc3)c(C)c2c1. The number of hydrogen-bond donors (Lipinski definition) is 0. The number of furan rings is 1. The predicted molar refractivity (Wildman–Crippen MR) is 83.6 cm³/mol. The molecule has 22 heavy (non-hydrogen) atoms. The first kappa shape index (κ1) is 14.2. The molecule has 2 aromatic carbocycles. The van der Waals surface area contributed by atoms with Gasteiger partial charge >= 0.3 is 5.97 Å². The molecule has 0 N–H and O–H groups in total. The number of aryl methyl sites for hydroxylation is 2. The van der Waals surface area contributed by atoms with E-state index in [1.165, 1.54) is 0 Å². The van der Waals surface area contributed by atoms with Crippen LogP contribution in [0.25, 0.3) is 11.0 Å². The summed E-state index contributed by atoms with van der Waals surface area (Å²) in [5.41, 5.74) is 2.48. The number of rotatable bonds is 3. The van der Waals surface area contributed by atoms with Gasteiger partial charge in [-0.3, -0.25) is 0 Å². The average Bonchev–Trinajstić information content (AvgIpc) is 2.86. The second-order valence-corrected chi connectivity index (χ2v) is 5.12. The minimum Gasteiger partial charge on any atom is -0.497 e. The average molecular weight is 296 g/mol. The predicted octanol–water partition coefficient (Wildman–Crippen LogP) is 4.28. The Morgan fingerprint density at radius 1 is 1.00 bits per heavy atom. The van der Waals surface area contributed by atoms with E-state index in [4.69, 9.17) is 13.9 Å². The highest BCUT2D eigenvalue weighted by Crippen LogP contribution is 2.29. The second kappa shape index (κ2) is 5.56. The summed E-state index contributed by atoms with van der Waals surface area (Å²) in [7, 11) is 1.60. The van der Waals surface area contributed by atoms with E-state index in [0.717, 1.165) is 22.3 Å². The highest BCUT2D eigenvalue weighted by atomic mass is 16.5. The van der Waals surface area contributed by atoms with Gasteiger partial charge in [0, 0.05) is 10.9 Å². The fourth-order valence-corrected chi connectivity index (χ4v) is 2.28. The third kappa shape index (κ3) is 2.55. The molecule has 0 atom stereocenters. The van der Waals surface area contributed by atoms with E-state index in [9.17, 15) is 4.79 Å². The van der Waals surface area contributed by atoms with E-state index in [2.05, 4.69) is 0 Å². The maximum absolute atomic E-state index is 12.3. The van der Waals surface area contributed by atoms with Crippen LogP contribution in [0.4, 0.5) is 0 Å². The van der Waals surface area contributed by atoms with Gasteiger partial charge in [0.15, 0.2) is 0 Å². The van der Waals surface area contributed by atoms with Crippen LogP contribution in [-0.4, -0.2) is 13.1 Å². The van der Waals surface area contributed by atoms with Crippen molar-refractivity contribution < 1.29 is 18.7 Å². The molecule has 1 heterocycles. The van der Waals surface area contributed by atoms with Crippen LogP contribution in [0.2, 0.25) is 0 Å². The summed E-state index contributed by atoms with van der Waals surface area (Å²) < 4.78 is 16.2. The van der Waals surface area contributed by atoms with Gasteiger partial charge in [-0.05, 0) is 44.2 Å². The van der Waals surface area contributed by atoms with Crippen molar-refractivity contribution in [1.82, 2.24) is 0 Å². The molecule has 3 rings (SSSR count). The Bertz CT molecular complexity index is 828. The first-order valence-electron chi connectivity index (χ1n) is 6.94. The second-order valence-electron chi connectivity index (χ2n) is 5.12. The van der Waals surface area contributed by atoms with Crippen molar-refractivity contribution in [2.45, 2.75) is 13.8 Å². The molecule has 3 aromatic rings. The van der Waals surface area contributed by atoms with Crippen molar-refractivity contribution >= 4 is 16.9 Å². The Labute approximate surface area is 128 Å². The molecular formula is C18H16O4. The summed E-state index contributed by atoms with van der Waals surface area (Å²) in [5, 5.41) is 0.843. The standard InChI is InChI=1S/C18H16O4/c1-11-4-6-13(7-5-11)21-18(19)17-12(2)15-10-14(20-3)8-9-16(15)22-17/h4-10H,1-3H3. The molecule has 0 saturated carbocycles. The maximum Gasteiger partial charge on any atom is 0.379 e. The molecule has 4 heteroatoms. The van der Waals surface area contributed by atoms with E-state index >= 15 is 0 Å². The fourth-order valence-electron chi connectivity index (χ4n) is 2.28. The van der Waals surface area contributed by atoms with E-state index < -0.39 is 5.97 Å². The summed E-state index contributed by atoms with van der Waals surface area (Å²) in [6.07, 6.45) is 0. The van der Waals surface area contributed by atoms with Crippen molar-refractivity contribution in [3.8, 4) is 11.5 Å². The molecule has 0 unspecified atom stereocenters. The Hall–Kier alpha value is -2.75. The summed E-state index contributed by atoms with van der Waals surface area (Å²) in [6.45, 7) is 3.80. The van der Waals surface area contributed by atoms with Gasteiger partial charge in [-0.15, -0.1) is 0 Å². The highest BCUT2D eigenvalue weighted by Gasteiger charge is 2.20. The van der Waals surface area contributed by atoms with Crippen molar-refractivity contribution in [3.63, 3.8) is 0 Å². The third-order valence-electron chi connectivity index (χ3n) is 3.56. The van der Waals surface area contributed by atoms with E-state index in [0.29, 0.717) is 11.3 Å². The quantitative estimate of drug-likeness (QED) is 0.534.